The maximum atomic E-state index is 10.7. The number of fused-ring (bicyclic) bond motifs is 1. The third-order valence-corrected chi connectivity index (χ3v) is 2.79. The lowest BCUT2D eigenvalue weighted by Gasteiger charge is -2.04. The number of halogens is 1. The average Bonchev–Trinajstić information content (AvgIpc) is 2.57. The molecule has 1 heterocycles. The number of nitrogens with two attached hydrogens (primary N) is 1. The third-order valence-electron chi connectivity index (χ3n) is 2.51. The molecular weight excluding hydrogens is 228 g/mol. The van der Waals surface area contributed by atoms with Crippen molar-refractivity contribution in [1.29, 1.82) is 0 Å². The zero-order valence-electron chi connectivity index (χ0n) is 8.43. The lowest BCUT2D eigenvalue weighted by molar-refractivity contribution is -0.138. The highest BCUT2D eigenvalue weighted by molar-refractivity contribution is 6.19. The van der Waals surface area contributed by atoms with Gasteiger partial charge in [-0.3, -0.25) is 8.88 Å². The Balaban J connectivity index is 2.42. The fourth-order valence-electron chi connectivity index (χ4n) is 1.69. The van der Waals surface area contributed by atoms with Gasteiger partial charge in [-0.1, -0.05) is 18.2 Å². The van der Waals surface area contributed by atoms with E-state index in [1.54, 1.807) is 6.20 Å². The number of benzene rings is 1. The Hall–Kier alpha value is -1.52. The summed E-state index contributed by atoms with van der Waals surface area (Å²) in [5.41, 5.74) is 7.20. The molecule has 0 aliphatic rings. The molecule has 0 amide bonds. The lowest BCUT2D eigenvalue weighted by Crippen LogP contribution is -2.32. The van der Waals surface area contributed by atoms with E-state index in [9.17, 15) is 4.79 Å². The molecule has 5 heteroatoms. The summed E-state index contributed by atoms with van der Waals surface area (Å²) in [5.74, 6) is -1.01. The molecule has 0 spiro atoms. The molecule has 0 bridgehead atoms. The molecule has 0 fully saturated rings. The number of carboxylic acids is 1. The van der Waals surface area contributed by atoms with Gasteiger partial charge in [-0.15, -0.1) is 0 Å². The number of nitrogens with zero attached hydrogens (tertiary/aromatic N) is 1. The standard InChI is InChI=1S/C11H11ClN2O2/c12-14-6-7(5-9(13)11(15)16)8-3-1-2-4-10(8)14/h1-4,6,9H,5,13H2,(H,15,16). The summed E-state index contributed by atoms with van der Waals surface area (Å²) in [6.07, 6.45) is 1.98. The van der Waals surface area contributed by atoms with Crippen LogP contribution >= 0.6 is 11.8 Å². The Labute approximate surface area is 97.3 Å². The van der Waals surface area contributed by atoms with Gasteiger partial charge in [-0.05, 0) is 11.6 Å². The number of para-hydroxylation sites is 1. The number of aliphatic carboxylic acids is 1. The molecule has 16 heavy (non-hydrogen) atoms. The van der Waals surface area contributed by atoms with E-state index in [2.05, 4.69) is 0 Å². The smallest absolute Gasteiger partial charge is 0.320 e. The Morgan fingerprint density at radius 3 is 2.88 bits per heavy atom. The average molecular weight is 239 g/mol. The van der Waals surface area contributed by atoms with Crippen LogP contribution in [-0.4, -0.2) is 21.2 Å². The van der Waals surface area contributed by atoms with Crippen LogP contribution in [0.2, 0.25) is 0 Å². The van der Waals surface area contributed by atoms with E-state index in [1.165, 1.54) is 4.09 Å². The van der Waals surface area contributed by atoms with Crippen LogP contribution in [0.1, 0.15) is 5.56 Å². The van der Waals surface area contributed by atoms with E-state index in [-0.39, 0.29) is 6.42 Å². The monoisotopic (exact) mass is 238 g/mol. The summed E-state index contributed by atoms with van der Waals surface area (Å²) in [6.45, 7) is 0. The van der Waals surface area contributed by atoms with Crippen molar-refractivity contribution >= 4 is 28.6 Å². The quantitative estimate of drug-likeness (QED) is 0.854. The number of carboxylic acid groups (broad SMARTS) is 1. The van der Waals surface area contributed by atoms with Crippen molar-refractivity contribution in [1.82, 2.24) is 4.09 Å². The Morgan fingerprint density at radius 2 is 2.19 bits per heavy atom. The summed E-state index contributed by atoms with van der Waals surface area (Å²) in [5, 5.41) is 9.70. The molecule has 1 aromatic carbocycles. The molecule has 0 saturated heterocycles. The normalized spacial score (nSPS) is 12.9. The number of rotatable bonds is 3. The van der Waals surface area contributed by atoms with Gasteiger partial charge in [-0.25, -0.2) is 0 Å². The highest BCUT2D eigenvalue weighted by Crippen LogP contribution is 2.23. The predicted octanol–water partition coefficient (Wildman–Crippen LogP) is 1.60. The second-order valence-corrected chi connectivity index (χ2v) is 4.00. The second-order valence-electron chi connectivity index (χ2n) is 3.63. The van der Waals surface area contributed by atoms with Gasteiger partial charge < -0.3 is 10.8 Å². The first-order chi connectivity index (χ1) is 7.59. The molecular formula is C11H11ClN2O2. The maximum Gasteiger partial charge on any atom is 0.320 e. The summed E-state index contributed by atoms with van der Waals surface area (Å²) in [6, 6.07) is 6.63. The van der Waals surface area contributed by atoms with Crippen molar-refractivity contribution in [2.24, 2.45) is 5.73 Å². The Bertz CT molecular complexity index is 536. The molecule has 2 rings (SSSR count). The Kier molecular flexibility index (Phi) is 2.85. The highest BCUT2D eigenvalue weighted by Gasteiger charge is 2.15. The van der Waals surface area contributed by atoms with Gasteiger partial charge in [0.15, 0.2) is 0 Å². The van der Waals surface area contributed by atoms with Gasteiger partial charge >= 0.3 is 5.97 Å². The zero-order chi connectivity index (χ0) is 11.7. The van der Waals surface area contributed by atoms with Crippen molar-refractivity contribution in [2.45, 2.75) is 12.5 Å². The van der Waals surface area contributed by atoms with Gasteiger partial charge in [0.25, 0.3) is 0 Å². The molecule has 0 radical (unpaired) electrons. The fraction of sp³-hybridized carbons (Fsp3) is 0.182. The highest BCUT2D eigenvalue weighted by atomic mass is 35.5. The van der Waals surface area contributed by atoms with Crippen molar-refractivity contribution in [3.63, 3.8) is 0 Å². The second kappa shape index (κ2) is 4.15. The van der Waals surface area contributed by atoms with Crippen LogP contribution in [0.3, 0.4) is 0 Å². The molecule has 1 aromatic heterocycles. The molecule has 3 N–H and O–H groups in total. The van der Waals surface area contributed by atoms with Crippen LogP contribution in [0.4, 0.5) is 0 Å². The third kappa shape index (κ3) is 1.89. The minimum Gasteiger partial charge on any atom is -0.480 e. The van der Waals surface area contributed by atoms with Crippen LogP contribution in [0.15, 0.2) is 30.5 Å². The van der Waals surface area contributed by atoms with Gasteiger partial charge in [-0.2, -0.15) is 0 Å². The van der Waals surface area contributed by atoms with Crippen molar-refractivity contribution < 1.29 is 9.90 Å². The molecule has 0 saturated carbocycles. The number of hydrogen-bond acceptors (Lipinski definition) is 2. The van der Waals surface area contributed by atoms with Gasteiger partial charge in [0.2, 0.25) is 0 Å². The molecule has 84 valence electrons. The fourth-order valence-corrected chi connectivity index (χ4v) is 1.96. The summed E-state index contributed by atoms with van der Waals surface area (Å²) >= 11 is 5.97. The van der Waals surface area contributed by atoms with Crippen molar-refractivity contribution in [3.8, 4) is 0 Å². The van der Waals surface area contributed by atoms with E-state index in [1.807, 2.05) is 24.3 Å². The first kappa shape index (κ1) is 11.0. The topological polar surface area (TPSA) is 68.2 Å². The lowest BCUT2D eigenvalue weighted by atomic mass is 10.1. The largest absolute Gasteiger partial charge is 0.480 e. The minimum atomic E-state index is -1.01. The molecule has 1 atom stereocenters. The van der Waals surface area contributed by atoms with Crippen LogP contribution in [0.5, 0.6) is 0 Å². The number of carbonyl (C=O) groups is 1. The Morgan fingerprint density at radius 1 is 1.50 bits per heavy atom. The molecule has 4 nitrogen and oxygen atoms in total. The first-order valence-electron chi connectivity index (χ1n) is 4.83. The summed E-state index contributed by atoms with van der Waals surface area (Å²) in [4.78, 5) is 10.7. The zero-order valence-corrected chi connectivity index (χ0v) is 9.19. The van der Waals surface area contributed by atoms with Crippen LogP contribution in [0.25, 0.3) is 10.9 Å². The van der Waals surface area contributed by atoms with Crippen LogP contribution in [0, 0.1) is 0 Å². The summed E-state index contributed by atoms with van der Waals surface area (Å²) in [7, 11) is 0. The minimum absolute atomic E-state index is 0.273. The van der Waals surface area contributed by atoms with E-state index in [0.29, 0.717) is 0 Å². The number of hydrogen-bond donors (Lipinski definition) is 2. The van der Waals surface area contributed by atoms with Crippen molar-refractivity contribution in [3.05, 3.63) is 36.0 Å². The van der Waals surface area contributed by atoms with Gasteiger partial charge in [0.05, 0.1) is 5.52 Å². The molecule has 0 aliphatic heterocycles. The molecule has 1 unspecified atom stereocenters. The van der Waals surface area contributed by atoms with Crippen LogP contribution in [-0.2, 0) is 11.2 Å². The van der Waals surface area contributed by atoms with E-state index >= 15 is 0 Å². The predicted molar refractivity (Wildman–Crippen MR) is 62.5 cm³/mol. The molecule has 0 aliphatic carbocycles. The van der Waals surface area contributed by atoms with E-state index in [4.69, 9.17) is 22.6 Å². The van der Waals surface area contributed by atoms with Gasteiger partial charge in [0, 0.05) is 29.8 Å². The SMILES string of the molecule is NC(Cc1cn(Cl)c2ccccc12)C(=O)O. The maximum absolute atomic E-state index is 10.7. The summed E-state index contributed by atoms with van der Waals surface area (Å²) < 4.78 is 1.46. The molecule has 2 aromatic rings. The number of aromatic nitrogens is 1. The first-order valence-corrected chi connectivity index (χ1v) is 5.17. The van der Waals surface area contributed by atoms with E-state index in [0.717, 1.165) is 16.5 Å². The van der Waals surface area contributed by atoms with Gasteiger partial charge in [0.1, 0.15) is 6.04 Å². The van der Waals surface area contributed by atoms with Crippen LogP contribution < -0.4 is 5.73 Å². The van der Waals surface area contributed by atoms with E-state index < -0.39 is 12.0 Å². The van der Waals surface area contributed by atoms with Crippen molar-refractivity contribution in [2.75, 3.05) is 0 Å².